The molecule has 1 aliphatic carbocycles. The number of nitrogens with one attached hydrogen (secondary N) is 2. The molecule has 0 bridgehead atoms. The Labute approximate surface area is 264 Å². The van der Waals surface area contributed by atoms with Gasteiger partial charge in [0, 0.05) is 49.4 Å². The number of hydrogen-bond acceptors (Lipinski definition) is 7. The molecular formula is C31H33Cl2N5O2S2. The summed E-state index contributed by atoms with van der Waals surface area (Å²) in [6, 6.07) is 5.94. The van der Waals surface area contributed by atoms with Crippen LogP contribution in [-0.2, 0) is 16.1 Å². The van der Waals surface area contributed by atoms with E-state index in [9.17, 15) is 9.59 Å². The molecular weight excluding hydrogens is 609 g/mol. The van der Waals surface area contributed by atoms with E-state index in [0.717, 1.165) is 85.0 Å². The highest BCUT2D eigenvalue weighted by molar-refractivity contribution is 8.01. The standard InChI is InChI=1S/C31H33Cl2N5O2S2/c32-25-10-9-21(16-26(25)33)18-38-14-11-23(12-15-38)35-29(39)20-42-31-37-28(19-41-31)22-6-3-4-7-24(17-22)36-30(40)27-8-2-1-5-13-34-27/h1-2,6,8-10,13,16-17,19,23H,3-5,7,11-12,14-15,18,20H2,(H,35,39)(H,36,40). The molecule has 1 aromatic carbocycles. The Morgan fingerprint density at radius 3 is 2.86 bits per heavy atom. The van der Waals surface area contributed by atoms with Crippen molar-refractivity contribution in [2.75, 3.05) is 18.8 Å². The molecule has 1 aromatic heterocycles. The first-order chi connectivity index (χ1) is 20.4. The molecule has 3 aliphatic rings. The number of amides is 2. The number of carbonyl (C=O) groups is 2. The van der Waals surface area contributed by atoms with Crippen molar-refractivity contribution in [2.45, 2.75) is 55.5 Å². The lowest BCUT2D eigenvalue weighted by Crippen LogP contribution is -2.44. The van der Waals surface area contributed by atoms with Gasteiger partial charge in [-0.3, -0.25) is 19.5 Å². The Morgan fingerprint density at radius 1 is 1.17 bits per heavy atom. The van der Waals surface area contributed by atoms with E-state index in [4.69, 9.17) is 28.2 Å². The number of halogens is 2. The van der Waals surface area contributed by atoms with Crippen molar-refractivity contribution in [3.63, 3.8) is 0 Å². The molecule has 1 fully saturated rings. The van der Waals surface area contributed by atoms with Crippen LogP contribution in [0.3, 0.4) is 0 Å². The number of nitrogens with zero attached hydrogens (tertiary/aromatic N) is 3. The lowest BCUT2D eigenvalue weighted by molar-refractivity contribution is -0.119. The first-order valence-corrected chi connectivity index (χ1v) is 16.7. The maximum absolute atomic E-state index is 12.7. The summed E-state index contributed by atoms with van der Waals surface area (Å²) in [4.78, 5) is 36.8. The highest BCUT2D eigenvalue weighted by Gasteiger charge is 2.21. The number of thiazole rings is 1. The number of benzene rings is 1. The van der Waals surface area contributed by atoms with Crippen LogP contribution in [0, 0.1) is 0 Å². The van der Waals surface area contributed by atoms with E-state index in [-0.39, 0.29) is 17.9 Å². The van der Waals surface area contributed by atoms with Crippen molar-refractivity contribution < 1.29 is 9.59 Å². The van der Waals surface area contributed by atoms with Crippen LogP contribution >= 0.6 is 46.3 Å². The minimum absolute atomic E-state index is 0.0311. The van der Waals surface area contributed by atoms with Crippen molar-refractivity contribution in [2.24, 2.45) is 4.99 Å². The largest absolute Gasteiger partial charge is 0.353 e. The summed E-state index contributed by atoms with van der Waals surface area (Å²) in [7, 11) is 0. The van der Waals surface area contributed by atoms with E-state index in [1.165, 1.54) is 23.1 Å². The molecule has 42 heavy (non-hydrogen) atoms. The quantitative estimate of drug-likeness (QED) is 0.294. The number of allylic oxidation sites excluding steroid dienone is 7. The van der Waals surface area contributed by atoms with Gasteiger partial charge in [-0.25, -0.2) is 4.98 Å². The first kappa shape index (κ1) is 30.8. The second-order valence-electron chi connectivity index (χ2n) is 10.4. The number of rotatable bonds is 9. The Balaban J connectivity index is 1.08. The predicted octanol–water partition coefficient (Wildman–Crippen LogP) is 6.80. The summed E-state index contributed by atoms with van der Waals surface area (Å²) in [5.41, 5.74) is 4.25. The van der Waals surface area contributed by atoms with Crippen LogP contribution in [0.2, 0.25) is 10.0 Å². The Hall–Kier alpha value is -2.69. The van der Waals surface area contributed by atoms with Crippen LogP contribution in [0.5, 0.6) is 0 Å². The second kappa shape index (κ2) is 15.2. The third-order valence-electron chi connectivity index (χ3n) is 7.16. The van der Waals surface area contributed by atoms with Crippen molar-refractivity contribution in [1.29, 1.82) is 0 Å². The third kappa shape index (κ3) is 8.91. The molecule has 2 amide bonds. The summed E-state index contributed by atoms with van der Waals surface area (Å²) in [6.45, 7) is 2.66. The molecule has 5 rings (SSSR count). The van der Waals surface area contributed by atoms with E-state index in [1.807, 2.05) is 41.8 Å². The number of thioether (sulfide) groups is 1. The Kier molecular flexibility index (Phi) is 11.1. The lowest BCUT2D eigenvalue weighted by Gasteiger charge is -2.32. The molecule has 0 radical (unpaired) electrons. The van der Waals surface area contributed by atoms with Gasteiger partial charge in [-0.05, 0) is 67.5 Å². The van der Waals surface area contributed by atoms with Crippen LogP contribution in [0.25, 0.3) is 5.57 Å². The van der Waals surface area contributed by atoms with Gasteiger partial charge in [0.1, 0.15) is 5.70 Å². The number of aliphatic imine (C=N–C) groups is 1. The van der Waals surface area contributed by atoms with Gasteiger partial charge in [-0.1, -0.05) is 59.3 Å². The minimum atomic E-state index is -0.206. The molecule has 2 aromatic rings. The minimum Gasteiger partial charge on any atom is -0.353 e. The Morgan fingerprint density at radius 2 is 2.02 bits per heavy atom. The fraction of sp³-hybridized carbons (Fsp3) is 0.355. The summed E-state index contributed by atoms with van der Waals surface area (Å²) in [5, 5.41) is 9.39. The van der Waals surface area contributed by atoms with Crippen LogP contribution in [0.15, 0.2) is 74.7 Å². The van der Waals surface area contributed by atoms with E-state index >= 15 is 0 Å². The first-order valence-electron chi connectivity index (χ1n) is 14.1. The molecule has 2 N–H and O–H groups in total. The average Bonchev–Trinajstić information content (AvgIpc) is 3.14. The molecule has 3 heterocycles. The fourth-order valence-corrected chi connectivity index (χ4v) is 6.93. The third-order valence-corrected chi connectivity index (χ3v) is 9.92. The van der Waals surface area contributed by atoms with E-state index in [2.05, 4.69) is 26.6 Å². The smallest absolute Gasteiger partial charge is 0.273 e. The van der Waals surface area contributed by atoms with Crippen LogP contribution in [-0.4, -0.2) is 52.8 Å². The van der Waals surface area contributed by atoms with Crippen molar-refractivity contribution in [1.82, 2.24) is 20.5 Å². The molecule has 7 nitrogen and oxygen atoms in total. The molecule has 220 valence electrons. The summed E-state index contributed by atoms with van der Waals surface area (Å²) >= 11 is 15.2. The topological polar surface area (TPSA) is 86.7 Å². The number of hydrogen-bond donors (Lipinski definition) is 2. The van der Waals surface area contributed by atoms with E-state index in [0.29, 0.717) is 21.5 Å². The monoisotopic (exact) mass is 641 g/mol. The molecule has 0 saturated carbocycles. The number of piperidine rings is 1. The van der Waals surface area contributed by atoms with Gasteiger partial charge in [0.05, 0.1) is 21.5 Å². The van der Waals surface area contributed by atoms with Gasteiger partial charge in [0.2, 0.25) is 5.91 Å². The van der Waals surface area contributed by atoms with Gasteiger partial charge in [-0.15, -0.1) is 11.3 Å². The number of likely N-dealkylation sites (tertiary alicyclic amines) is 1. The fourth-order valence-electron chi connectivity index (χ4n) is 4.97. The highest BCUT2D eigenvalue weighted by Crippen LogP contribution is 2.29. The molecule has 11 heteroatoms. The van der Waals surface area contributed by atoms with Gasteiger partial charge in [0.15, 0.2) is 4.34 Å². The zero-order valence-electron chi connectivity index (χ0n) is 23.2. The van der Waals surface area contributed by atoms with Crippen LogP contribution in [0.4, 0.5) is 0 Å². The van der Waals surface area contributed by atoms with Gasteiger partial charge in [-0.2, -0.15) is 0 Å². The van der Waals surface area contributed by atoms with Gasteiger partial charge < -0.3 is 10.6 Å². The van der Waals surface area contributed by atoms with E-state index in [1.54, 1.807) is 12.3 Å². The number of aromatic nitrogens is 1. The zero-order chi connectivity index (χ0) is 29.3. The SMILES string of the molecule is O=C(CSc1nc(C2=CCCCC(NC(=O)C3=CC=CCC=N3)=C2)cs1)NC1CCN(Cc2ccc(Cl)c(Cl)c2)CC1. The Bertz CT molecular complexity index is 1450. The maximum Gasteiger partial charge on any atom is 0.273 e. The second-order valence-corrected chi connectivity index (χ2v) is 13.3. The van der Waals surface area contributed by atoms with Crippen LogP contribution < -0.4 is 10.6 Å². The van der Waals surface area contributed by atoms with Crippen molar-refractivity contribution in [3.8, 4) is 0 Å². The zero-order valence-corrected chi connectivity index (χ0v) is 26.3. The summed E-state index contributed by atoms with van der Waals surface area (Å²) in [6.07, 6.45) is 16.6. The number of carbonyl (C=O) groups excluding carboxylic acids is 2. The van der Waals surface area contributed by atoms with Crippen molar-refractivity contribution >= 4 is 69.9 Å². The molecule has 0 unspecified atom stereocenters. The van der Waals surface area contributed by atoms with Crippen molar-refractivity contribution in [3.05, 3.63) is 86.7 Å². The molecule has 2 aliphatic heterocycles. The van der Waals surface area contributed by atoms with Gasteiger partial charge in [0.25, 0.3) is 5.91 Å². The lowest BCUT2D eigenvalue weighted by atomic mass is 10.0. The summed E-state index contributed by atoms with van der Waals surface area (Å²) in [5.74, 6) is 0.156. The molecule has 0 spiro atoms. The normalized spacial score (nSPS) is 18.0. The van der Waals surface area contributed by atoms with Gasteiger partial charge >= 0.3 is 0 Å². The maximum atomic E-state index is 12.7. The molecule has 0 atom stereocenters. The average molecular weight is 643 g/mol. The highest BCUT2D eigenvalue weighted by atomic mass is 35.5. The van der Waals surface area contributed by atoms with Crippen LogP contribution in [0.1, 0.15) is 49.8 Å². The van der Waals surface area contributed by atoms with E-state index < -0.39 is 0 Å². The molecule has 1 saturated heterocycles. The predicted molar refractivity (Wildman–Crippen MR) is 174 cm³/mol. The summed E-state index contributed by atoms with van der Waals surface area (Å²) < 4.78 is 0.852.